The minimum atomic E-state index is -0.910. The van der Waals surface area contributed by atoms with Gasteiger partial charge in [0.05, 0.1) is 6.04 Å². The van der Waals surface area contributed by atoms with Crippen LogP contribution in [0.2, 0.25) is 0 Å². The third-order valence-electron chi connectivity index (χ3n) is 7.08. The summed E-state index contributed by atoms with van der Waals surface area (Å²) in [7, 11) is 0. The summed E-state index contributed by atoms with van der Waals surface area (Å²) < 4.78 is 0. The number of nitrogens with one attached hydrogen (secondary N) is 2. The number of hydrogen-bond acceptors (Lipinski definition) is 7. The van der Waals surface area contributed by atoms with Crippen LogP contribution >= 0.6 is 0 Å². The molecule has 3 amide bonds. The molecule has 0 aliphatic carbocycles. The Morgan fingerprint density at radius 1 is 0.854 bits per heavy atom. The Morgan fingerprint density at radius 3 is 2.00 bits per heavy atom. The van der Waals surface area contributed by atoms with Crippen molar-refractivity contribution in [2.75, 3.05) is 6.54 Å². The fraction of sp³-hybridized carbons (Fsp3) is 0.323. The van der Waals surface area contributed by atoms with Crippen LogP contribution in [0.5, 0.6) is 5.75 Å². The van der Waals surface area contributed by atoms with Gasteiger partial charge in [-0.3, -0.25) is 19.2 Å². The van der Waals surface area contributed by atoms with Crippen LogP contribution in [-0.2, 0) is 38.5 Å². The summed E-state index contributed by atoms with van der Waals surface area (Å²) in [4.78, 5) is 46.4. The molecule has 1 aliphatic rings. The van der Waals surface area contributed by atoms with E-state index in [-0.39, 0.29) is 24.5 Å². The number of nitrogens with zero attached hydrogens (tertiary/aromatic N) is 1. The van der Waals surface area contributed by atoms with E-state index in [1.54, 1.807) is 29.2 Å². The van der Waals surface area contributed by atoms with Crippen LogP contribution in [0.15, 0.2) is 84.9 Å². The van der Waals surface area contributed by atoms with Gasteiger partial charge in [-0.1, -0.05) is 72.8 Å². The molecule has 1 heterocycles. The van der Waals surface area contributed by atoms with Gasteiger partial charge in [0.15, 0.2) is 6.23 Å². The molecule has 3 aromatic carbocycles. The minimum absolute atomic E-state index is 0.143. The van der Waals surface area contributed by atoms with E-state index < -0.39 is 36.2 Å². The number of benzene rings is 3. The Bertz CT molecular complexity index is 1290. The number of phenolic OH excluding ortho intramolecular Hbond substituents is 1. The molecule has 0 spiro atoms. The van der Waals surface area contributed by atoms with E-state index in [1.807, 2.05) is 60.7 Å². The fourth-order valence-electron chi connectivity index (χ4n) is 4.84. The van der Waals surface area contributed by atoms with Crippen molar-refractivity contribution in [2.45, 2.75) is 56.5 Å². The van der Waals surface area contributed by atoms with Crippen molar-refractivity contribution < 1.29 is 24.3 Å². The second kappa shape index (κ2) is 14.4. The quantitative estimate of drug-likeness (QED) is 0.199. The summed E-state index contributed by atoms with van der Waals surface area (Å²) in [6, 6.07) is 22.7. The highest BCUT2D eigenvalue weighted by molar-refractivity contribution is 5.89. The second-order valence-corrected chi connectivity index (χ2v) is 10.2. The lowest BCUT2D eigenvalue weighted by Crippen LogP contribution is -2.55. The van der Waals surface area contributed by atoms with Gasteiger partial charge in [-0.2, -0.15) is 5.48 Å². The normalized spacial score (nSPS) is 17.0. The van der Waals surface area contributed by atoms with Crippen molar-refractivity contribution in [1.29, 1.82) is 0 Å². The largest absolute Gasteiger partial charge is 0.508 e. The zero-order valence-corrected chi connectivity index (χ0v) is 22.8. The first kappa shape index (κ1) is 29.7. The highest BCUT2D eigenvalue weighted by atomic mass is 16.7. The van der Waals surface area contributed by atoms with Crippen molar-refractivity contribution in [3.8, 4) is 5.75 Å². The van der Waals surface area contributed by atoms with Crippen molar-refractivity contribution in [2.24, 2.45) is 11.5 Å². The maximum Gasteiger partial charge on any atom is 0.241 e. The van der Waals surface area contributed by atoms with Gasteiger partial charge in [0.25, 0.3) is 0 Å². The molecule has 41 heavy (non-hydrogen) atoms. The Balaban J connectivity index is 1.41. The molecule has 7 N–H and O–H groups in total. The molecule has 10 heteroatoms. The van der Waals surface area contributed by atoms with Crippen molar-refractivity contribution in [3.05, 3.63) is 102 Å². The highest BCUT2D eigenvalue weighted by Gasteiger charge is 2.34. The van der Waals surface area contributed by atoms with Gasteiger partial charge in [0.1, 0.15) is 17.8 Å². The lowest BCUT2D eigenvalue weighted by Gasteiger charge is -2.29. The molecule has 4 rings (SSSR count). The zero-order valence-electron chi connectivity index (χ0n) is 22.8. The number of nitrogens with two attached hydrogens (primary N) is 2. The van der Waals surface area contributed by atoms with Crippen molar-refractivity contribution >= 4 is 17.7 Å². The first-order chi connectivity index (χ1) is 19.8. The summed E-state index contributed by atoms with van der Waals surface area (Å²) in [6.45, 7) is 0.477. The van der Waals surface area contributed by atoms with E-state index in [2.05, 4.69) is 10.8 Å². The Kier molecular flexibility index (Phi) is 10.4. The molecule has 10 nitrogen and oxygen atoms in total. The Hall–Kier alpha value is -4.25. The van der Waals surface area contributed by atoms with Crippen LogP contribution in [0.25, 0.3) is 0 Å². The maximum atomic E-state index is 13.4. The zero-order chi connectivity index (χ0) is 29.2. The number of amides is 3. The van der Waals surface area contributed by atoms with Gasteiger partial charge in [-0.15, -0.1) is 0 Å². The van der Waals surface area contributed by atoms with Crippen molar-refractivity contribution in [1.82, 2.24) is 15.7 Å². The second-order valence-electron chi connectivity index (χ2n) is 10.2. The average Bonchev–Trinajstić information content (AvgIpc) is 3.45. The number of aromatic hydroxyl groups is 1. The number of hydroxylamine groups is 1. The molecule has 3 aromatic rings. The van der Waals surface area contributed by atoms with Crippen LogP contribution in [0.4, 0.5) is 0 Å². The van der Waals surface area contributed by atoms with Crippen LogP contribution in [-0.4, -0.2) is 58.6 Å². The van der Waals surface area contributed by atoms with E-state index in [0.29, 0.717) is 19.4 Å². The summed E-state index contributed by atoms with van der Waals surface area (Å²) in [5, 5.41) is 12.3. The van der Waals surface area contributed by atoms with Gasteiger partial charge in [-0.05, 0) is 54.5 Å². The average molecular weight is 560 g/mol. The number of primary amides is 1. The molecule has 1 saturated heterocycles. The summed E-state index contributed by atoms with van der Waals surface area (Å²) >= 11 is 0. The number of likely N-dealkylation sites (tertiary alicyclic amines) is 1. The molecule has 0 radical (unpaired) electrons. The predicted octanol–water partition coefficient (Wildman–Crippen LogP) is 1.56. The lowest BCUT2D eigenvalue weighted by molar-refractivity contribution is -0.155. The Labute approximate surface area is 239 Å². The number of hydrogen-bond donors (Lipinski definition) is 5. The summed E-state index contributed by atoms with van der Waals surface area (Å²) in [5.74, 6) is -1.21. The van der Waals surface area contributed by atoms with E-state index in [9.17, 15) is 19.5 Å². The van der Waals surface area contributed by atoms with E-state index in [0.717, 1.165) is 23.1 Å². The van der Waals surface area contributed by atoms with Crippen LogP contribution < -0.4 is 22.3 Å². The molecular weight excluding hydrogens is 522 g/mol. The van der Waals surface area contributed by atoms with Gasteiger partial charge in [0, 0.05) is 13.0 Å². The van der Waals surface area contributed by atoms with Crippen LogP contribution in [0.3, 0.4) is 0 Å². The standard InChI is InChI=1S/C31H37N5O5/c32-25(18-23-13-15-24(37)16-14-23)31(40)36-17-7-12-28(36)41-35-27(20-22-10-5-2-6-11-22)30(39)34-26(29(33)38)19-21-8-3-1-4-9-21/h1-6,8-11,13-16,25-28,35,37H,7,12,17-20,32H2,(H2,33,38)(H,34,39)/t25-,26-,27-,28+/m0/s1. The highest BCUT2D eigenvalue weighted by Crippen LogP contribution is 2.20. The maximum absolute atomic E-state index is 13.4. The Morgan fingerprint density at radius 2 is 1.41 bits per heavy atom. The molecule has 216 valence electrons. The van der Waals surface area contributed by atoms with Crippen LogP contribution in [0, 0.1) is 0 Å². The third kappa shape index (κ3) is 8.62. The molecule has 0 bridgehead atoms. The third-order valence-corrected chi connectivity index (χ3v) is 7.08. The topological polar surface area (TPSA) is 160 Å². The van der Waals surface area contributed by atoms with Crippen LogP contribution in [0.1, 0.15) is 29.5 Å². The summed E-state index contributed by atoms with van der Waals surface area (Å²) in [5.41, 5.74) is 17.3. The van der Waals surface area contributed by atoms with Gasteiger partial charge in [0.2, 0.25) is 17.7 Å². The smallest absolute Gasteiger partial charge is 0.241 e. The number of rotatable bonds is 13. The van der Waals surface area contributed by atoms with E-state index in [4.69, 9.17) is 16.3 Å². The van der Waals surface area contributed by atoms with E-state index >= 15 is 0 Å². The molecule has 0 unspecified atom stereocenters. The molecular formula is C31H37N5O5. The summed E-state index contributed by atoms with van der Waals surface area (Å²) in [6.07, 6.45) is 1.53. The minimum Gasteiger partial charge on any atom is -0.508 e. The molecule has 0 saturated carbocycles. The molecule has 1 fully saturated rings. The molecule has 4 atom stereocenters. The lowest BCUT2D eigenvalue weighted by atomic mass is 10.0. The number of carbonyl (C=O) groups is 3. The first-order valence-corrected chi connectivity index (χ1v) is 13.7. The fourth-order valence-corrected chi connectivity index (χ4v) is 4.84. The molecule has 1 aliphatic heterocycles. The van der Waals surface area contributed by atoms with Gasteiger partial charge in [-0.25, -0.2) is 0 Å². The van der Waals surface area contributed by atoms with Crippen molar-refractivity contribution in [3.63, 3.8) is 0 Å². The monoisotopic (exact) mass is 559 g/mol. The number of carbonyl (C=O) groups excluding carboxylic acids is 3. The van der Waals surface area contributed by atoms with Gasteiger partial charge < -0.3 is 26.8 Å². The van der Waals surface area contributed by atoms with E-state index in [1.165, 1.54) is 0 Å². The van der Waals surface area contributed by atoms with Gasteiger partial charge >= 0.3 is 0 Å². The predicted molar refractivity (Wildman–Crippen MR) is 154 cm³/mol. The SMILES string of the molecule is NC(=O)[C@H](Cc1ccccc1)NC(=O)[C@H](Cc1ccccc1)NO[C@@H]1CCCN1C(=O)[C@@H](N)Cc1ccc(O)cc1. The number of phenols is 1. The molecule has 0 aromatic heterocycles. The first-order valence-electron chi connectivity index (χ1n) is 13.7.